The van der Waals surface area contributed by atoms with Gasteiger partial charge in [-0.05, 0) is 31.8 Å². The third kappa shape index (κ3) is 1.15. The van der Waals surface area contributed by atoms with Crippen molar-refractivity contribution in [2.24, 2.45) is 17.8 Å². The Morgan fingerprint density at radius 2 is 1.75 bits per heavy atom. The molecule has 1 saturated carbocycles. The van der Waals surface area contributed by atoms with Crippen molar-refractivity contribution in [1.82, 2.24) is 5.32 Å². The molecule has 3 heteroatoms. The largest absolute Gasteiger partial charge is 0.317 e. The molecule has 2 atom stereocenters. The third-order valence-electron chi connectivity index (χ3n) is 3.37. The van der Waals surface area contributed by atoms with E-state index in [0.717, 1.165) is 25.9 Å². The minimum Gasteiger partial charge on any atom is -0.317 e. The second-order valence-electron chi connectivity index (χ2n) is 4.08. The summed E-state index contributed by atoms with van der Waals surface area (Å²) >= 11 is 0. The standard InChI is InChI=1S/C9H15F2N/c1-6-8(9(6,10)11)7-2-4-12-5-3-7/h6-8,12H,2-5H2,1H3. The van der Waals surface area contributed by atoms with Crippen LogP contribution in [-0.4, -0.2) is 19.0 Å². The molecule has 1 saturated heterocycles. The predicted molar refractivity (Wildman–Crippen MR) is 43.2 cm³/mol. The van der Waals surface area contributed by atoms with E-state index in [0.29, 0.717) is 0 Å². The van der Waals surface area contributed by atoms with E-state index in [-0.39, 0.29) is 17.8 Å². The van der Waals surface area contributed by atoms with Crippen LogP contribution in [0.5, 0.6) is 0 Å². The quantitative estimate of drug-likeness (QED) is 0.641. The molecule has 1 heterocycles. The van der Waals surface area contributed by atoms with Crippen molar-refractivity contribution in [1.29, 1.82) is 0 Å². The van der Waals surface area contributed by atoms with Gasteiger partial charge in [-0.1, -0.05) is 6.92 Å². The molecule has 0 aromatic heterocycles. The van der Waals surface area contributed by atoms with Crippen LogP contribution < -0.4 is 5.32 Å². The van der Waals surface area contributed by atoms with Gasteiger partial charge in [0, 0.05) is 11.8 Å². The third-order valence-corrected chi connectivity index (χ3v) is 3.37. The first kappa shape index (κ1) is 8.42. The molecule has 0 aromatic rings. The maximum atomic E-state index is 13.0. The molecule has 0 bridgehead atoms. The van der Waals surface area contributed by atoms with Gasteiger partial charge in [-0.3, -0.25) is 0 Å². The Balaban J connectivity index is 1.93. The molecular formula is C9H15F2N. The van der Waals surface area contributed by atoms with Crippen LogP contribution in [0.15, 0.2) is 0 Å². The SMILES string of the molecule is CC1C(C2CCNCC2)C1(F)F. The van der Waals surface area contributed by atoms with E-state index < -0.39 is 5.92 Å². The minimum atomic E-state index is -2.35. The van der Waals surface area contributed by atoms with Crippen molar-refractivity contribution in [2.75, 3.05) is 13.1 Å². The summed E-state index contributed by atoms with van der Waals surface area (Å²) in [5.74, 6) is -2.74. The highest BCUT2D eigenvalue weighted by atomic mass is 19.3. The smallest absolute Gasteiger partial charge is 0.254 e. The average molecular weight is 175 g/mol. The Kier molecular flexibility index (Phi) is 1.86. The second kappa shape index (κ2) is 2.66. The van der Waals surface area contributed by atoms with E-state index in [2.05, 4.69) is 5.32 Å². The zero-order valence-electron chi connectivity index (χ0n) is 7.32. The lowest BCUT2D eigenvalue weighted by Crippen LogP contribution is -2.29. The normalized spacial score (nSPS) is 41.2. The second-order valence-corrected chi connectivity index (χ2v) is 4.08. The highest BCUT2D eigenvalue weighted by Gasteiger charge is 2.67. The summed E-state index contributed by atoms with van der Waals surface area (Å²) < 4.78 is 25.9. The molecule has 0 aromatic carbocycles. The van der Waals surface area contributed by atoms with Gasteiger partial charge >= 0.3 is 0 Å². The van der Waals surface area contributed by atoms with Gasteiger partial charge < -0.3 is 5.32 Å². The Morgan fingerprint density at radius 3 is 2.17 bits per heavy atom. The number of halogens is 2. The van der Waals surface area contributed by atoms with E-state index in [1.165, 1.54) is 0 Å². The maximum Gasteiger partial charge on any atom is 0.254 e. The van der Waals surface area contributed by atoms with E-state index >= 15 is 0 Å². The highest BCUT2D eigenvalue weighted by Crippen LogP contribution is 2.60. The number of rotatable bonds is 1. The van der Waals surface area contributed by atoms with Gasteiger partial charge in [0.1, 0.15) is 0 Å². The van der Waals surface area contributed by atoms with Gasteiger partial charge in [0.05, 0.1) is 0 Å². The lowest BCUT2D eigenvalue weighted by molar-refractivity contribution is 0.0714. The van der Waals surface area contributed by atoms with Crippen LogP contribution in [0.4, 0.5) is 8.78 Å². The van der Waals surface area contributed by atoms with Gasteiger partial charge in [-0.2, -0.15) is 0 Å². The van der Waals surface area contributed by atoms with Crippen molar-refractivity contribution >= 4 is 0 Å². The van der Waals surface area contributed by atoms with Crippen molar-refractivity contribution in [3.05, 3.63) is 0 Å². The molecule has 1 nitrogen and oxygen atoms in total. The average Bonchev–Trinajstić information content (AvgIpc) is 2.53. The molecule has 0 radical (unpaired) electrons. The molecule has 0 spiro atoms. The summed E-state index contributed by atoms with van der Waals surface area (Å²) in [6, 6.07) is 0. The molecule has 0 amide bonds. The first-order valence-corrected chi connectivity index (χ1v) is 4.72. The molecule has 12 heavy (non-hydrogen) atoms. The molecule has 2 aliphatic rings. The molecular weight excluding hydrogens is 160 g/mol. The first-order chi connectivity index (χ1) is 5.64. The van der Waals surface area contributed by atoms with Crippen LogP contribution in [0, 0.1) is 17.8 Å². The zero-order valence-corrected chi connectivity index (χ0v) is 7.32. The van der Waals surface area contributed by atoms with Gasteiger partial charge in [0.15, 0.2) is 0 Å². The van der Waals surface area contributed by atoms with Crippen LogP contribution in [-0.2, 0) is 0 Å². The Hall–Kier alpha value is -0.180. The summed E-state index contributed by atoms with van der Waals surface area (Å²) in [6.45, 7) is 3.51. The number of alkyl halides is 2. The molecule has 70 valence electrons. The summed E-state index contributed by atoms with van der Waals surface area (Å²) in [5.41, 5.74) is 0. The summed E-state index contributed by atoms with van der Waals surface area (Å²) in [6.07, 6.45) is 1.87. The summed E-state index contributed by atoms with van der Waals surface area (Å²) in [5, 5.41) is 3.19. The number of piperidine rings is 1. The van der Waals surface area contributed by atoms with Crippen molar-refractivity contribution in [3.63, 3.8) is 0 Å². The first-order valence-electron chi connectivity index (χ1n) is 4.72. The Morgan fingerprint density at radius 1 is 1.25 bits per heavy atom. The van der Waals surface area contributed by atoms with Crippen LogP contribution in [0.25, 0.3) is 0 Å². The van der Waals surface area contributed by atoms with Gasteiger partial charge in [-0.25, -0.2) is 8.78 Å². The van der Waals surface area contributed by atoms with E-state index in [4.69, 9.17) is 0 Å². The lowest BCUT2D eigenvalue weighted by Gasteiger charge is -2.22. The van der Waals surface area contributed by atoms with Gasteiger partial charge in [-0.15, -0.1) is 0 Å². The zero-order chi connectivity index (χ0) is 8.77. The molecule has 2 fully saturated rings. The number of nitrogens with one attached hydrogen (secondary N) is 1. The molecule has 2 unspecified atom stereocenters. The van der Waals surface area contributed by atoms with E-state index in [1.807, 2.05) is 0 Å². The number of hydrogen-bond acceptors (Lipinski definition) is 1. The summed E-state index contributed by atoms with van der Waals surface area (Å²) in [4.78, 5) is 0. The van der Waals surface area contributed by atoms with Crippen LogP contribution in [0.2, 0.25) is 0 Å². The van der Waals surface area contributed by atoms with E-state index in [9.17, 15) is 8.78 Å². The van der Waals surface area contributed by atoms with Crippen LogP contribution >= 0.6 is 0 Å². The molecule has 1 aliphatic carbocycles. The summed E-state index contributed by atoms with van der Waals surface area (Å²) in [7, 11) is 0. The van der Waals surface area contributed by atoms with Crippen LogP contribution in [0.1, 0.15) is 19.8 Å². The Labute approximate surface area is 71.5 Å². The monoisotopic (exact) mass is 175 g/mol. The molecule has 1 aliphatic heterocycles. The predicted octanol–water partition coefficient (Wildman–Crippen LogP) is 1.89. The van der Waals surface area contributed by atoms with Crippen molar-refractivity contribution in [2.45, 2.75) is 25.7 Å². The fourth-order valence-electron chi connectivity index (χ4n) is 2.44. The van der Waals surface area contributed by atoms with Crippen molar-refractivity contribution in [3.8, 4) is 0 Å². The molecule has 2 rings (SSSR count). The topological polar surface area (TPSA) is 12.0 Å². The fourth-order valence-corrected chi connectivity index (χ4v) is 2.44. The Bertz CT molecular complexity index is 175. The number of hydrogen-bond donors (Lipinski definition) is 1. The van der Waals surface area contributed by atoms with Gasteiger partial charge in [0.25, 0.3) is 5.92 Å². The lowest BCUT2D eigenvalue weighted by atomic mass is 9.92. The minimum absolute atomic E-state index is 0.274. The van der Waals surface area contributed by atoms with E-state index in [1.54, 1.807) is 6.92 Å². The maximum absolute atomic E-state index is 13.0. The fraction of sp³-hybridized carbons (Fsp3) is 1.00. The van der Waals surface area contributed by atoms with Gasteiger partial charge in [0.2, 0.25) is 0 Å². The van der Waals surface area contributed by atoms with Crippen molar-refractivity contribution < 1.29 is 8.78 Å². The molecule has 1 N–H and O–H groups in total. The van der Waals surface area contributed by atoms with Crippen LogP contribution in [0.3, 0.4) is 0 Å². The highest BCUT2D eigenvalue weighted by molar-refractivity contribution is 5.06.